The van der Waals surface area contributed by atoms with Crippen LogP contribution in [-0.4, -0.2) is 40.3 Å². The molecule has 0 bridgehead atoms. The Kier molecular flexibility index (Phi) is 5.32. The van der Waals surface area contributed by atoms with Gasteiger partial charge in [-0.1, -0.05) is 0 Å². The van der Waals surface area contributed by atoms with Crippen molar-refractivity contribution in [3.8, 4) is 0 Å². The number of nitrogens with one attached hydrogen (secondary N) is 2. The highest BCUT2D eigenvalue weighted by atomic mass is 16.1. The van der Waals surface area contributed by atoms with E-state index in [2.05, 4.69) is 20.8 Å². The molecule has 0 aliphatic carbocycles. The van der Waals surface area contributed by atoms with Gasteiger partial charge in [0, 0.05) is 26.4 Å². The van der Waals surface area contributed by atoms with Gasteiger partial charge in [-0.05, 0) is 38.3 Å². The van der Waals surface area contributed by atoms with Crippen LogP contribution in [0.4, 0.5) is 0 Å². The van der Waals surface area contributed by atoms with Crippen LogP contribution in [0.1, 0.15) is 31.5 Å². The molecule has 19 heavy (non-hydrogen) atoms. The van der Waals surface area contributed by atoms with Gasteiger partial charge in [-0.2, -0.15) is 0 Å². The first-order valence-electron chi connectivity index (χ1n) is 7.06. The third-order valence-electron chi connectivity index (χ3n) is 3.65. The van der Waals surface area contributed by atoms with E-state index in [1.807, 2.05) is 11.6 Å². The quantitative estimate of drug-likeness (QED) is 0.773. The molecule has 1 aromatic rings. The summed E-state index contributed by atoms with van der Waals surface area (Å²) in [5.41, 5.74) is 0. The normalized spacial score (nSPS) is 19.3. The molecular formula is C13H23N5O. The molecule has 2 N–H and O–H groups in total. The van der Waals surface area contributed by atoms with Crippen LogP contribution in [0.5, 0.6) is 0 Å². The molecule has 0 aromatic carbocycles. The second-order valence-electron chi connectivity index (χ2n) is 5.21. The van der Waals surface area contributed by atoms with Crippen molar-refractivity contribution in [2.75, 3.05) is 19.6 Å². The molecule has 1 amide bonds. The Morgan fingerprint density at radius 3 is 3.21 bits per heavy atom. The molecule has 0 radical (unpaired) electrons. The van der Waals surface area contributed by atoms with Crippen LogP contribution in [-0.2, 0) is 18.3 Å². The second-order valence-corrected chi connectivity index (χ2v) is 5.21. The second kappa shape index (κ2) is 7.23. The summed E-state index contributed by atoms with van der Waals surface area (Å²) in [5.74, 6) is 1.71. The molecule has 1 atom stereocenters. The Morgan fingerprint density at radius 1 is 1.63 bits per heavy atom. The number of nitrogens with zero attached hydrogens (tertiary/aromatic N) is 3. The monoisotopic (exact) mass is 265 g/mol. The maximum absolute atomic E-state index is 11.7. The molecule has 1 unspecified atom stereocenters. The lowest BCUT2D eigenvalue weighted by molar-refractivity contribution is -0.121. The highest BCUT2D eigenvalue weighted by Gasteiger charge is 2.14. The van der Waals surface area contributed by atoms with E-state index in [-0.39, 0.29) is 5.91 Å². The van der Waals surface area contributed by atoms with Crippen LogP contribution in [0.3, 0.4) is 0 Å². The van der Waals surface area contributed by atoms with Crippen molar-refractivity contribution in [3.05, 3.63) is 12.2 Å². The van der Waals surface area contributed by atoms with Crippen molar-refractivity contribution in [3.63, 3.8) is 0 Å². The van der Waals surface area contributed by atoms with Crippen LogP contribution < -0.4 is 10.6 Å². The van der Waals surface area contributed by atoms with Crippen LogP contribution in [0.2, 0.25) is 0 Å². The zero-order chi connectivity index (χ0) is 13.5. The molecule has 1 aliphatic rings. The third-order valence-corrected chi connectivity index (χ3v) is 3.65. The minimum absolute atomic E-state index is 0.146. The molecular weight excluding hydrogens is 242 g/mol. The van der Waals surface area contributed by atoms with Gasteiger partial charge in [0.05, 0.1) is 0 Å². The summed E-state index contributed by atoms with van der Waals surface area (Å²) >= 11 is 0. The molecule has 2 heterocycles. The highest BCUT2D eigenvalue weighted by molar-refractivity contribution is 5.75. The topological polar surface area (TPSA) is 71.8 Å². The Morgan fingerprint density at radius 2 is 2.53 bits per heavy atom. The van der Waals surface area contributed by atoms with Gasteiger partial charge in [0.1, 0.15) is 12.2 Å². The zero-order valence-electron chi connectivity index (χ0n) is 11.6. The summed E-state index contributed by atoms with van der Waals surface area (Å²) in [6.07, 6.45) is 6.51. The number of rotatable bonds is 6. The van der Waals surface area contributed by atoms with Crippen molar-refractivity contribution < 1.29 is 4.79 Å². The molecule has 0 saturated carbocycles. The fourth-order valence-corrected chi connectivity index (χ4v) is 2.44. The maximum atomic E-state index is 11.7. The van der Waals surface area contributed by atoms with Crippen molar-refractivity contribution in [1.29, 1.82) is 0 Å². The summed E-state index contributed by atoms with van der Waals surface area (Å²) in [6.45, 7) is 2.82. The molecule has 1 aliphatic heterocycles. The predicted octanol–water partition coefficient (Wildman–Crippen LogP) is 0.254. The first-order chi connectivity index (χ1) is 9.25. The van der Waals surface area contributed by atoms with Crippen LogP contribution in [0, 0.1) is 5.92 Å². The minimum Gasteiger partial charge on any atom is -0.356 e. The van der Waals surface area contributed by atoms with E-state index < -0.39 is 0 Å². The number of carbonyl (C=O) groups is 1. The van der Waals surface area contributed by atoms with Gasteiger partial charge in [0.2, 0.25) is 5.91 Å². The smallest absolute Gasteiger partial charge is 0.220 e. The number of piperidine rings is 1. The largest absolute Gasteiger partial charge is 0.356 e. The first-order valence-corrected chi connectivity index (χ1v) is 7.06. The minimum atomic E-state index is 0.146. The molecule has 6 nitrogen and oxygen atoms in total. The van der Waals surface area contributed by atoms with Crippen LogP contribution in [0.25, 0.3) is 0 Å². The summed E-state index contributed by atoms with van der Waals surface area (Å²) in [6, 6.07) is 0. The Labute approximate surface area is 114 Å². The van der Waals surface area contributed by atoms with E-state index in [1.54, 1.807) is 6.33 Å². The number of hydrogen-bond donors (Lipinski definition) is 2. The molecule has 106 valence electrons. The van der Waals surface area contributed by atoms with Crippen molar-refractivity contribution in [2.45, 2.75) is 32.1 Å². The molecule has 1 aromatic heterocycles. The molecule has 0 spiro atoms. The molecule has 1 fully saturated rings. The van der Waals surface area contributed by atoms with E-state index >= 15 is 0 Å². The predicted molar refractivity (Wildman–Crippen MR) is 72.5 cm³/mol. The summed E-state index contributed by atoms with van der Waals surface area (Å²) in [4.78, 5) is 11.7. The molecule has 1 saturated heterocycles. The Hall–Kier alpha value is -1.43. The Balaban J connectivity index is 1.58. The maximum Gasteiger partial charge on any atom is 0.220 e. The highest BCUT2D eigenvalue weighted by Crippen LogP contribution is 2.15. The van der Waals surface area contributed by atoms with E-state index in [0.29, 0.717) is 18.9 Å². The summed E-state index contributed by atoms with van der Waals surface area (Å²) in [7, 11) is 1.91. The van der Waals surface area contributed by atoms with Gasteiger partial charge < -0.3 is 15.2 Å². The number of hydrogen-bond acceptors (Lipinski definition) is 4. The van der Waals surface area contributed by atoms with Gasteiger partial charge in [-0.15, -0.1) is 10.2 Å². The number of carbonyl (C=O) groups excluding carboxylic acids is 1. The van der Waals surface area contributed by atoms with Gasteiger partial charge in [-0.3, -0.25) is 4.79 Å². The van der Waals surface area contributed by atoms with Gasteiger partial charge in [-0.25, -0.2) is 0 Å². The lowest BCUT2D eigenvalue weighted by Gasteiger charge is -2.22. The number of amides is 1. The summed E-state index contributed by atoms with van der Waals surface area (Å²) in [5, 5.41) is 14.1. The standard InChI is InChI=1S/C13H23N5O/c1-18-10-16-17-12(18)6-8-15-13(19)5-4-11-3-2-7-14-9-11/h10-11,14H,2-9H2,1H3,(H,15,19). The van der Waals surface area contributed by atoms with Crippen molar-refractivity contribution >= 4 is 5.91 Å². The average Bonchev–Trinajstić information content (AvgIpc) is 2.83. The van der Waals surface area contributed by atoms with Gasteiger partial charge in [0.15, 0.2) is 0 Å². The van der Waals surface area contributed by atoms with E-state index in [1.165, 1.54) is 12.8 Å². The van der Waals surface area contributed by atoms with Gasteiger partial charge >= 0.3 is 0 Å². The molecule has 2 rings (SSSR count). The van der Waals surface area contributed by atoms with E-state index in [4.69, 9.17) is 0 Å². The van der Waals surface area contributed by atoms with Gasteiger partial charge in [0.25, 0.3) is 0 Å². The zero-order valence-corrected chi connectivity index (χ0v) is 11.6. The third kappa shape index (κ3) is 4.63. The van der Waals surface area contributed by atoms with E-state index in [9.17, 15) is 4.79 Å². The lowest BCUT2D eigenvalue weighted by atomic mass is 9.94. The number of aromatic nitrogens is 3. The fourth-order valence-electron chi connectivity index (χ4n) is 2.44. The van der Waals surface area contributed by atoms with Crippen LogP contribution >= 0.6 is 0 Å². The molecule has 6 heteroatoms. The van der Waals surface area contributed by atoms with Crippen molar-refractivity contribution in [1.82, 2.24) is 25.4 Å². The lowest BCUT2D eigenvalue weighted by Crippen LogP contribution is -2.31. The first kappa shape index (κ1) is 14.0. The average molecular weight is 265 g/mol. The fraction of sp³-hybridized carbons (Fsp3) is 0.769. The SMILES string of the molecule is Cn1cnnc1CCNC(=O)CCC1CCCNC1. The number of aryl methyl sites for hydroxylation is 1. The Bertz CT molecular complexity index is 397. The van der Waals surface area contributed by atoms with Crippen molar-refractivity contribution in [2.24, 2.45) is 13.0 Å². The summed E-state index contributed by atoms with van der Waals surface area (Å²) < 4.78 is 1.87. The van der Waals surface area contributed by atoms with E-state index in [0.717, 1.165) is 31.8 Å². The van der Waals surface area contributed by atoms with Crippen LogP contribution in [0.15, 0.2) is 6.33 Å².